The summed E-state index contributed by atoms with van der Waals surface area (Å²) in [6, 6.07) is 0.287. The van der Waals surface area contributed by atoms with Crippen LogP contribution >= 0.6 is 0 Å². The normalized spacial score (nSPS) is 25.0. The van der Waals surface area contributed by atoms with Crippen LogP contribution in [0.15, 0.2) is 0 Å². The van der Waals surface area contributed by atoms with Gasteiger partial charge in [0.2, 0.25) is 11.8 Å². The van der Waals surface area contributed by atoms with E-state index in [1.54, 1.807) is 0 Å². The van der Waals surface area contributed by atoms with E-state index >= 15 is 0 Å². The van der Waals surface area contributed by atoms with Gasteiger partial charge in [0.1, 0.15) is 0 Å². The quantitative estimate of drug-likeness (QED) is 0.660. The van der Waals surface area contributed by atoms with Crippen LogP contribution in [0.3, 0.4) is 0 Å². The first-order valence-electron chi connectivity index (χ1n) is 10.9. The highest BCUT2D eigenvalue weighted by molar-refractivity contribution is 5.79. The van der Waals surface area contributed by atoms with Gasteiger partial charge in [-0.1, -0.05) is 33.1 Å². The molecule has 2 rings (SSSR count). The van der Waals surface area contributed by atoms with E-state index in [2.05, 4.69) is 29.4 Å². The second-order valence-corrected chi connectivity index (χ2v) is 8.27. The van der Waals surface area contributed by atoms with Crippen molar-refractivity contribution in [2.75, 3.05) is 26.2 Å². The van der Waals surface area contributed by atoms with Crippen molar-refractivity contribution in [3.8, 4) is 0 Å². The van der Waals surface area contributed by atoms with Crippen molar-refractivity contribution in [1.82, 2.24) is 15.5 Å². The maximum Gasteiger partial charge on any atom is 0.234 e. The van der Waals surface area contributed by atoms with Crippen LogP contribution in [0, 0.1) is 11.8 Å². The van der Waals surface area contributed by atoms with Gasteiger partial charge >= 0.3 is 0 Å². The summed E-state index contributed by atoms with van der Waals surface area (Å²) in [6.07, 6.45) is 11.4. The van der Waals surface area contributed by atoms with Crippen LogP contribution < -0.4 is 10.6 Å². The van der Waals surface area contributed by atoms with Gasteiger partial charge in [-0.25, -0.2) is 0 Å². The molecule has 150 valence electrons. The number of carbonyl (C=O) groups excluding carboxylic acids is 2. The maximum atomic E-state index is 12.6. The Morgan fingerprint density at radius 1 is 0.962 bits per heavy atom. The molecular weight excluding hydrogens is 326 g/mol. The molecule has 2 N–H and O–H groups in total. The van der Waals surface area contributed by atoms with Gasteiger partial charge in [-0.05, 0) is 50.9 Å². The number of hydrogen-bond acceptors (Lipinski definition) is 3. The summed E-state index contributed by atoms with van der Waals surface area (Å²) in [5.41, 5.74) is 0. The molecule has 0 aromatic heterocycles. The minimum Gasteiger partial charge on any atom is -0.355 e. The Bertz CT molecular complexity index is 425. The lowest BCUT2D eigenvalue weighted by Crippen LogP contribution is -2.48. The van der Waals surface area contributed by atoms with Crippen LogP contribution in [0.5, 0.6) is 0 Å². The Morgan fingerprint density at radius 3 is 2.27 bits per heavy atom. The Labute approximate surface area is 159 Å². The lowest BCUT2D eigenvalue weighted by Gasteiger charge is -2.34. The zero-order valence-corrected chi connectivity index (χ0v) is 16.9. The van der Waals surface area contributed by atoms with Crippen molar-refractivity contribution < 1.29 is 9.59 Å². The molecule has 2 aliphatic rings. The summed E-state index contributed by atoms with van der Waals surface area (Å²) in [5.74, 6) is 1.47. The highest BCUT2D eigenvalue weighted by Crippen LogP contribution is 2.32. The first-order chi connectivity index (χ1) is 12.6. The Balaban J connectivity index is 1.61. The molecular formula is C21H39N3O2. The molecule has 1 heterocycles. The van der Waals surface area contributed by atoms with Gasteiger partial charge in [0.15, 0.2) is 0 Å². The highest BCUT2D eigenvalue weighted by Gasteiger charge is 2.28. The van der Waals surface area contributed by atoms with E-state index in [1.165, 1.54) is 32.1 Å². The minimum absolute atomic E-state index is 0.120. The second-order valence-electron chi connectivity index (χ2n) is 8.27. The molecule has 0 radical (unpaired) electrons. The number of likely N-dealkylation sites (tertiary alicyclic amines) is 1. The van der Waals surface area contributed by atoms with Crippen molar-refractivity contribution in [1.29, 1.82) is 0 Å². The van der Waals surface area contributed by atoms with E-state index in [0.717, 1.165) is 57.7 Å². The van der Waals surface area contributed by atoms with E-state index in [9.17, 15) is 9.59 Å². The molecule has 0 spiro atoms. The fourth-order valence-electron chi connectivity index (χ4n) is 4.28. The molecule has 0 bridgehead atoms. The fraction of sp³-hybridized carbons (Fsp3) is 0.905. The molecule has 1 aliphatic heterocycles. The summed E-state index contributed by atoms with van der Waals surface area (Å²) in [5, 5.41) is 6.22. The first-order valence-corrected chi connectivity index (χ1v) is 10.9. The van der Waals surface area contributed by atoms with Gasteiger partial charge in [0, 0.05) is 31.6 Å². The Kier molecular flexibility index (Phi) is 9.44. The second kappa shape index (κ2) is 11.6. The standard InChI is InChI=1S/C21H39N3O2/c1-3-5-6-17-7-9-18(10-8-17)21(26)23-19-11-14-24(15-12-19)16-20(25)22-13-4-2/h17-19H,3-16H2,1-2H3,(H,22,25)(H,23,26). The average molecular weight is 366 g/mol. The van der Waals surface area contributed by atoms with Crippen LogP contribution in [0.25, 0.3) is 0 Å². The van der Waals surface area contributed by atoms with Gasteiger partial charge in [0.25, 0.3) is 0 Å². The molecule has 1 aliphatic carbocycles. The molecule has 1 saturated heterocycles. The zero-order valence-electron chi connectivity index (χ0n) is 16.9. The van der Waals surface area contributed by atoms with E-state index in [-0.39, 0.29) is 23.8 Å². The number of amides is 2. The third-order valence-electron chi connectivity index (χ3n) is 6.06. The summed E-state index contributed by atoms with van der Waals surface area (Å²) in [4.78, 5) is 26.6. The van der Waals surface area contributed by atoms with Crippen molar-refractivity contribution in [2.45, 2.75) is 84.1 Å². The minimum atomic E-state index is 0.120. The summed E-state index contributed by atoms with van der Waals surface area (Å²) in [7, 11) is 0. The number of carbonyl (C=O) groups is 2. The summed E-state index contributed by atoms with van der Waals surface area (Å²) in [6.45, 7) is 7.35. The lowest BCUT2D eigenvalue weighted by atomic mass is 9.79. The van der Waals surface area contributed by atoms with E-state index in [0.29, 0.717) is 6.54 Å². The van der Waals surface area contributed by atoms with Crippen molar-refractivity contribution in [3.05, 3.63) is 0 Å². The smallest absolute Gasteiger partial charge is 0.234 e. The Morgan fingerprint density at radius 2 is 1.65 bits per heavy atom. The molecule has 0 aromatic rings. The van der Waals surface area contributed by atoms with Gasteiger partial charge in [0.05, 0.1) is 6.54 Å². The number of unbranched alkanes of at least 4 members (excludes halogenated alkanes) is 1. The molecule has 2 amide bonds. The highest BCUT2D eigenvalue weighted by atomic mass is 16.2. The zero-order chi connectivity index (χ0) is 18.8. The van der Waals surface area contributed by atoms with Crippen LogP contribution in [-0.4, -0.2) is 48.9 Å². The van der Waals surface area contributed by atoms with Crippen LogP contribution in [-0.2, 0) is 9.59 Å². The molecule has 5 heteroatoms. The predicted octanol–water partition coefficient (Wildman–Crippen LogP) is 3.09. The number of nitrogens with one attached hydrogen (secondary N) is 2. The van der Waals surface area contributed by atoms with Gasteiger partial charge in [-0.15, -0.1) is 0 Å². The van der Waals surface area contributed by atoms with Crippen LogP contribution in [0.1, 0.15) is 78.1 Å². The average Bonchev–Trinajstić information content (AvgIpc) is 2.66. The molecule has 2 fully saturated rings. The van der Waals surface area contributed by atoms with E-state index in [1.807, 2.05) is 0 Å². The Hall–Kier alpha value is -1.10. The van der Waals surface area contributed by atoms with Gasteiger partial charge < -0.3 is 10.6 Å². The molecule has 0 unspecified atom stereocenters. The predicted molar refractivity (Wildman–Crippen MR) is 106 cm³/mol. The van der Waals surface area contributed by atoms with Crippen molar-refractivity contribution >= 4 is 11.8 Å². The topological polar surface area (TPSA) is 61.4 Å². The lowest BCUT2D eigenvalue weighted by molar-refractivity contribution is -0.128. The number of nitrogens with zero attached hydrogens (tertiary/aromatic N) is 1. The molecule has 0 atom stereocenters. The summed E-state index contributed by atoms with van der Waals surface area (Å²) >= 11 is 0. The molecule has 26 heavy (non-hydrogen) atoms. The van der Waals surface area contributed by atoms with Crippen LogP contribution in [0.2, 0.25) is 0 Å². The van der Waals surface area contributed by atoms with Gasteiger partial charge in [-0.2, -0.15) is 0 Å². The summed E-state index contributed by atoms with van der Waals surface area (Å²) < 4.78 is 0. The maximum absolute atomic E-state index is 12.6. The fourth-order valence-corrected chi connectivity index (χ4v) is 4.28. The first kappa shape index (κ1) is 21.2. The van der Waals surface area contributed by atoms with Gasteiger partial charge in [-0.3, -0.25) is 14.5 Å². The SMILES string of the molecule is CCCCC1CCC(C(=O)NC2CCN(CC(=O)NCCC)CC2)CC1. The van der Waals surface area contributed by atoms with Crippen molar-refractivity contribution in [2.24, 2.45) is 11.8 Å². The molecule has 5 nitrogen and oxygen atoms in total. The van der Waals surface area contributed by atoms with Crippen molar-refractivity contribution in [3.63, 3.8) is 0 Å². The monoisotopic (exact) mass is 365 g/mol. The molecule has 1 saturated carbocycles. The van der Waals surface area contributed by atoms with E-state index in [4.69, 9.17) is 0 Å². The largest absolute Gasteiger partial charge is 0.355 e. The third-order valence-corrected chi connectivity index (χ3v) is 6.06. The number of hydrogen-bond donors (Lipinski definition) is 2. The van der Waals surface area contributed by atoms with E-state index < -0.39 is 0 Å². The molecule has 0 aromatic carbocycles. The number of piperidine rings is 1. The van der Waals surface area contributed by atoms with Crippen LogP contribution in [0.4, 0.5) is 0 Å². The number of rotatable bonds is 9. The third kappa shape index (κ3) is 7.26.